The third-order valence-corrected chi connectivity index (χ3v) is 1.97. The quantitative estimate of drug-likeness (QED) is 0.685. The van der Waals surface area contributed by atoms with Gasteiger partial charge in [-0.05, 0) is 20.3 Å². The number of carboxylic acid groups (broad SMARTS) is 1. The number of carboxylic acids is 1. The molecule has 0 bridgehead atoms. The van der Waals surface area contributed by atoms with E-state index in [1.165, 1.54) is 0 Å². The summed E-state index contributed by atoms with van der Waals surface area (Å²) in [6.07, 6.45) is 1.89. The fourth-order valence-corrected chi connectivity index (χ4v) is 0.759. The van der Waals surface area contributed by atoms with Crippen LogP contribution in [-0.2, 0) is 9.53 Å². The van der Waals surface area contributed by atoms with Gasteiger partial charge in [-0.25, -0.2) is 0 Å². The van der Waals surface area contributed by atoms with Gasteiger partial charge in [0.1, 0.15) is 0 Å². The zero-order chi connectivity index (χ0) is 9.56. The highest BCUT2D eigenvalue weighted by Crippen LogP contribution is 2.07. The van der Waals surface area contributed by atoms with Crippen LogP contribution in [-0.4, -0.2) is 23.8 Å². The van der Waals surface area contributed by atoms with Gasteiger partial charge in [0.2, 0.25) is 0 Å². The van der Waals surface area contributed by atoms with Crippen molar-refractivity contribution in [3.05, 3.63) is 0 Å². The van der Waals surface area contributed by atoms with Crippen molar-refractivity contribution in [3.8, 4) is 0 Å². The molecular formula is C9H19ClO3. The lowest BCUT2D eigenvalue weighted by Crippen LogP contribution is -2.25. The molecule has 0 rings (SSSR count). The van der Waals surface area contributed by atoms with E-state index in [2.05, 4.69) is 6.92 Å². The summed E-state index contributed by atoms with van der Waals surface area (Å²) in [4.78, 5) is 10.5. The van der Waals surface area contributed by atoms with Gasteiger partial charge < -0.3 is 9.84 Å². The minimum Gasteiger partial charge on any atom is -0.481 e. The molecular weight excluding hydrogens is 192 g/mol. The second kappa shape index (κ2) is 8.32. The molecule has 13 heavy (non-hydrogen) atoms. The molecule has 0 aliphatic heterocycles. The Bertz CT molecular complexity index is 139. The molecule has 4 heteroatoms. The Balaban J connectivity index is 0. The Morgan fingerprint density at radius 1 is 1.46 bits per heavy atom. The van der Waals surface area contributed by atoms with Crippen molar-refractivity contribution >= 4 is 18.4 Å². The molecule has 0 heterocycles. The van der Waals surface area contributed by atoms with Crippen LogP contribution in [0.15, 0.2) is 0 Å². The summed E-state index contributed by atoms with van der Waals surface area (Å²) in [6.45, 7) is 6.21. The number of carbonyl (C=O) groups is 1. The monoisotopic (exact) mass is 210 g/mol. The van der Waals surface area contributed by atoms with Crippen LogP contribution >= 0.6 is 12.4 Å². The highest BCUT2D eigenvalue weighted by atomic mass is 35.5. The van der Waals surface area contributed by atoms with Crippen molar-refractivity contribution < 1.29 is 14.6 Å². The molecule has 0 aliphatic carbocycles. The Morgan fingerprint density at radius 2 is 2.00 bits per heavy atom. The standard InChI is InChI=1S/C9H18O3.ClH/c1-4-5-6-12-8(3)7(2)9(10)11;/h7-8H,4-6H2,1-3H3,(H,10,11);1H/t7-,8+;/m1./s1. The van der Waals surface area contributed by atoms with Crippen LogP contribution in [0.3, 0.4) is 0 Å². The Hall–Kier alpha value is -0.280. The van der Waals surface area contributed by atoms with Crippen molar-refractivity contribution in [2.75, 3.05) is 6.61 Å². The molecule has 0 aromatic heterocycles. The zero-order valence-electron chi connectivity index (χ0n) is 8.45. The molecule has 0 unspecified atom stereocenters. The summed E-state index contributed by atoms with van der Waals surface area (Å²) in [5, 5.41) is 8.63. The number of aliphatic carboxylic acids is 1. The smallest absolute Gasteiger partial charge is 0.308 e. The van der Waals surface area contributed by atoms with Gasteiger partial charge >= 0.3 is 5.97 Å². The molecule has 80 valence electrons. The molecule has 0 aromatic rings. The molecule has 2 atom stereocenters. The summed E-state index contributed by atoms with van der Waals surface area (Å²) in [6, 6.07) is 0. The average molecular weight is 211 g/mol. The lowest BCUT2D eigenvalue weighted by atomic mass is 10.1. The molecule has 0 radical (unpaired) electrons. The largest absolute Gasteiger partial charge is 0.481 e. The van der Waals surface area contributed by atoms with Gasteiger partial charge in [0.05, 0.1) is 12.0 Å². The number of hydrogen-bond donors (Lipinski definition) is 1. The van der Waals surface area contributed by atoms with Crippen LogP contribution in [0.2, 0.25) is 0 Å². The van der Waals surface area contributed by atoms with Crippen LogP contribution in [0.5, 0.6) is 0 Å². The molecule has 0 amide bonds. The molecule has 0 saturated carbocycles. The van der Waals surface area contributed by atoms with Crippen LogP contribution in [0.1, 0.15) is 33.6 Å². The fraction of sp³-hybridized carbons (Fsp3) is 0.889. The van der Waals surface area contributed by atoms with Crippen LogP contribution in [0.4, 0.5) is 0 Å². The van der Waals surface area contributed by atoms with E-state index < -0.39 is 11.9 Å². The van der Waals surface area contributed by atoms with Crippen LogP contribution in [0.25, 0.3) is 0 Å². The maximum Gasteiger partial charge on any atom is 0.308 e. The van der Waals surface area contributed by atoms with E-state index in [4.69, 9.17) is 9.84 Å². The Labute approximate surface area is 85.9 Å². The van der Waals surface area contributed by atoms with Crippen molar-refractivity contribution in [3.63, 3.8) is 0 Å². The molecule has 1 N–H and O–H groups in total. The van der Waals surface area contributed by atoms with Gasteiger partial charge in [-0.15, -0.1) is 12.4 Å². The predicted octanol–water partition coefficient (Wildman–Crippen LogP) is 2.33. The SMILES string of the molecule is CCCCO[C@@H](C)[C@@H](C)C(=O)O.Cl. The molecule has 0 spiro atoms. The van der Waals surface area contributed by atoms with Gasteiger partial charge in [-0.3, -0.25) is 4.79 Å². The Morgan fingerprint density at radius 3 is 2.38 bits per heavy atom. The number of hydrogen-bond acceptors (Lipinski definition) is 2. The minimum atomic E-state index is -0.793. The number of halogens is 1. The van der Waals surface area contributed by atoms with Gasteiger partial charge in [0.25, 0.3) is 0 Å². The fourth-order valence-electron chi connectivity index (χ4n) is 0.759. The number of rotatable bonds is 6. The van der Waals surface area contributed by atoms with E-state index in [0.29, 0.717) is 6.61 Å². The molecule has 0 fully saturated rings. The van der Waals surface area contributed by atoms with Gasteiger partial charge in [0, 0.05) is 6.61 Å². The van der Waals surface area contributed by atoms with Crippen LogP contribution < -0.4 is 0 Å². The first-order valence-electron chi connectivity index (χ1n) is 4.44. The van der Waals surface area contributed by atoms with Crippen molar-refractivity contribution in [2.45, 2.75) is 39.7 Å². The summed E-state index contributed by atoms with van der Waals surface area (Å²) in [7, 11) is 0. The van der Waals surface area contributed by atoms with Crippen molar-refractivity contribution in [2.24, 2.45) is 5.92 Å². The molecule has 0 aromatic carbocycles. The normalized spacial score (nSPS) is 14.4. The van der Waals surface area contributed by atoms with Crippen molar-refractivity contribution in [1.29, 1.82) is 0 Å². The second-order valence-electron chi connectivity index (χ2n) is 3.06. The number of unbranched alkanes of at least 4 members (excludes halogenated alkanes) is 1. The summed E-state index contributed by atoms with van der Waals surface area (Å²) in [5.41, 5.74) is 0. The Kier molecular flexibility index (Phi) is 9.74. The average Bonchev–Trinajstić information content (AvgIpc) is 2.03. The topological polar surface area (TPSA) is 46.5 Å². The predicted molar refractivity (Wildman–Crippen MR) is 54.4 cm³/mol. The van der Waals surface area contributed by atoms with Crippen molar-refractivity contribution in [1.82, 2.24) is 0 Å². The summed E-state index contributed by atoms with van der Waals surface area (Å²) in [5.74, 6) is -1.21. The third kappa shape index (κ3) is 6.84. The molecule has 0 saturated heterocycles. The first kappa shape index (κ1) is 15.2. The number of ether oxygens (including phenoxy) is 1. The summed E-state index contributed by atoms with van der Waals surface area (Å²) < 4.78 is 5.32. The van der Waals surface area contributed by atoms with Gasteiger partial charge in [-0.2, -0.15) is 0 Å². The lowest BCUT2D eigenvalue weighted by molar-refractivity contribution is -0.146. The molecule has 3 nitrogen and oxygen atoms in total. The van der Waals surface area contributed by atoms with E-state index >= 15 is 0 Å². The molecule has 0 aliphatic rings. The third-order valence-electron chi connectivity index (χ3n) is 1.97. The first-order valence-corrected chi connectivity index (χ1v) is 4.44. The first-order chi connectivity index (χ1) is 5.59. The minimum absolute atomic E-state index is 0. The van der Waals surface area contributed by atoms with E-state index in [-0.39, 0.29) is 18.5 Å². The highest BCUT2D eigenvalue weighted by Gasteiger charge is 2.19. The highest BCUT2D eigenvalue weighted by molar-refractivity contribution is 5.85. The second-order valence-corrected chi connectivity index (χ2v) is 3.06. The summed E-state index contributed by atoms with van der Waals surface area (Å²) >= 11 is 0. The zero-order valence-corrected chi connectivity index (χ0v) is 9.26. The maximum atomic E-state index is 10.5. The van der Waals surface area contributed by atoms with Crippen LogP contribution in [0, 0.1) is 5.92 Å². The van der Waals surface area contributed by atoms with E-state index in [1.807, 2.05) is 0 Å². The van der Waals surface area contributed by atoms with E-state index in [0.717, 1.165) is 12.8 Å². The lowest BCUT2D eigenvalue weighted by Gasteiger charge is -2.16. The van der Waals surface area contributed by atoms with E-state index in [9.17, 15) is 4.79 Å². The van der Waals surface area contributed by atoms with Gasteiger partial charge in [-0.1, -0.05) is 13.3 Å². The van der Waals surface area contributed by atoms with E-state index in [1.54, 1.807) is 13.8 Å². The maximum absolute atomic E-state index is 10.5. The van der Waals surface area contributed by atoms with Gasteiger partial charge in [0.15, 0.2) is 0 Å².